The number of aryl methyl sites for hydroxylation is 1. The largest absolute Gasteiger partial charge is 0.409 e. The number of amidine groups is 1. The van der Waals surface area contributed by atoms with Crippen molar-refractivity contribution in [3.05, 3.63) is 18.2 Å². The maximum Gasteiger partial charge on any atom is 0.203 e. The molecular formula is C10H15N7O. The summed E-state index contributed by atoms with van der Waals surface area (Å²) in [5, 5.41) is 19.5. The van der Waals surface area contributed by atoms with Crippen LogP contribution in [0, 0.1) is 6.92 Å². The molecule has 0 amide bonds. The molecule has 0 bridgehead atoms. The standard InChI is InChI=1S/C10H15N7O/c1-7-13-14-10-9(12-4-6-17(7)10)16(2)5-3-8(11)15-18/h4,6,18H,3,5H2,1-2H3,(H2,11,15). The summed E-state index contributed by atoms with van der Waals surface area (Å²) in [4.78, 5) is 6.17. The molecule has 8 heteroatoms. The van der Waals surface area contributed by atoms with Crippen molar-refractivity contribution >= 4 is 17.3 Å². The van der Waals surface area contributed by atoms with Crippen LogP contribution >= 0.6 is 0 Å². The van der Waals surface area contributed by atoms with E-state index in [9.17, 15) is 0 Å². The number of nitrogens with zero attached hydrogens (tertiary/aromatic N) is 6. The van der Waals surface area contributed by atoms with Crippen LogP contribution in [0.15, 0.2) is 17.5 Å². The number of aromatic nitrogens is 4. The van der Waals surface area contributed by atoms with Crippen LogP contribution in [0.5, 0.6) is 0 Å². The van der Waals surface area contributed by atoms with Crippen LogP contribution < -0.4 is 10.6 Å². The van der Waals surface area contributed by atoms with Gasteiger partial charge in [0, 0.05) is 32.4 Å². The Morgan fingerprint density at radius 1 is 1.56 bits per heavy atom. The summed E-state index contributed by atoms with van der Waals surface area (Å²) in [7, 11) is 1.87. The van der Waals surface area contributed by atoms with Crippen molar-refractivity contribution in [1.82, 2.24) is 19.6 Å². The minimum atomic E-state index is 0.187. The minimum absolute atomic E-state index is 0.187. The Hall–Kier alpha value is -2.38. The van der Waals surface area contributed by atoms with Gasteiger partial charge >= 0.3 is 0 Å². The van der Waals surface area contributed by atoms with Gasteiger partial charge in [0.25, 0.3) is 0 Å². The van der Waals surface area contributed by atoms with Crippen molar-refractivity contribution in [2.45, 2.75) is 13.3 Å². The van der Waals surface area contributed by atoms with E-state index in [1.54, 1.807) is 6.20 Å². The molecule has 0 radical (unpaired) electrons. The molecule has 0 aliphatic heterocycles. The molecule has 0 aromatic carbocycles. The molecule has 18 heavy (non-hydrogen) atoms. The molecule has 2 heterocycles. The molecule has 2 aromatic heterocycles. The summed E-state index contributed by atoms with van der Waals surface area (Å²) < 4.78 is 1.86. The molecule has 0 spiro atoms. The minimum Gasteiger partial charge on any atom is -0.409 e. The third-order valence-corrected chi connectivity index (χ3v) is 2.67. The van der Waals surface area contributed by atoms with Gasteiger partial charge in [-0.25, -0.2) is 4.98 Å². The summed E-state index contributed by atoms with van der Waals surface area (Å²) in [6.07, 6.45) is 3.95. The van der Waals surface area contributed by atoms with E-state index in [4.69, 9.17) is 10.9 Å². The molecule has 2 aromatic rings. The normalized spacial score (nSPS) is 12.0. The second-order valence-electron chi connectivity index (χ2n) is 3.95. The Bertz CT molecular complexity index is 577. The molecule has 0 unspecified atom stereocenters. The van der Waals surface area contributed by atoms with Crippen molar-refractivity contribution in [3.8, 4) is 0 Å². The van der Waals surface area contributed by atoms with Crippen molar-refractivity contribution in [2.75, 3.05) is 18.5 Å². The Morgan fingerprint density at radius 2 is 2.33 bits per heavy atom. The first-order valence-corrected chi connectivity index (χ1v) is 5.47. The second-order valence-corrected chi connectivity index (χ2v) is 3.95. The molecule has 96 valence electrons. The summed E-state index contributed by atoms with van der Waals surface area (Å²) in [6.45, 7) is 2.45. The van der Waals surface area contributed by atoms with Gasteiger partial charge in [-0.15, -0.1) is 10.2 Å². The van der Waals surface area contributed by atoms with Crippen LogP contribution in [0.4, 0.5) is 5.82 Å². The molecule has 0 aliphatic carbocycles. The van der Waals surface area contributed by atoms with Gasteiger partial charge in [-0.1, -0.05) is 5.16 Å². The molecule has 0 atom stereocenters. The lowest BCUT2D eigenvalue weighted by Crippen LogP contribution is -2.25. The lowest BCUT2D eigenvalue weighted by molar-refractivity contribution is 0.317. The van der Waals surface area contributed by atoms with E-state index in [1.165, 1.54) is 0 Å². The molecule has 0 fully saturated rings. The fourth-order valence-corrected chi connectivity index (χ4v) is 1.64. The summed E-state index contributed by atoms with van der Waals surface area (Å²) in [6, 6.07) is 0. The van der Waals surface area contributed by atoms with Gasteiger partial charge in [0.1, 0.15) is 11.7 Å². The van der Waals surface area contributed by atoms with Crippen LogP contribution in [-0.2, 0) is 0 Å². The van der Waals surface area contributed by atoms with Crippen LogP contribution in [-0.4, -0.2) is 44.2 Å². The van der Waals surface area contributed by atoms with Gasteiger partial charge in [-0.05, 0) is 6.92 Å². The molecule has 0 aliphatic rings. The van der Waals surface area contributed by atoms with Crippen LogP contribution in [0.1, 0.15) is 12.2 Å². The van der Waals surface area contributed by atoms with Gasteiger partial charge in [0.05, 0.1) is 0 Å². The first kappa shape index (κ1) is 12.1. The number of anilines is 1. The zero-order valence-electron chi connectivity index (χ0n) is 10.3. The topological polar surface area (TPSA) is 105 Å². The Labute approximate surface area is 104 Å². The lowest BCUT2D eigenvalue weighted by Gasteiger charge is -2.17. The van der Waals surface area contributed by atoms with E-state index in [0.29, 0.717) is 24.4 Å². The first-order valence-electron chi connectivity index (χ1n) is 5.47. The summed E-state index contributed by atoms with van der Waals surface area (Å²) in [5.41, 5.74) is 6.13. The average Bonchev–Trinajstić information content (AvgIpc) is 2.77. The maximum absolute atomic E-state index is 8.50. The second kappa shape index (κ2) is 4.86. The molecule has 0 saturated carbocycles. The van der Waals surface area contributed by atoms with E-state index in [0.717, 1.165) is 5.82 Å². The maximum atomic E-state index is 8.50. The zero-order chi connectivity index (χ0) is 13.1. The predicted molar refractivity (Wildman–Crippen MR) is 66.8 cm³/mol. The number of nitrogens with two attached hydrogens (primary N) is 1. The van der Waals surface area contributed by atoms with E-state index in [2.05, 4.69) is 20.3 Å². The van der Waals surface area contributed by atoms with E-state index >= 15 is 0 Å². The van der Waals surface area contributed by atoms with Gasteiger partial charge in [-0.3, -0.25) is 4.40 Å². The highest BCUT2D eigenvalue weighted by molar-refractivity contribution is 5.80. The molecule has 3 N–H and O–H groups in total. The van der Waals surface area contributed by atoms with E-state index in [1.807, 2.05) is 29.5 Å². The zero-order valence-corrected chi connectivity index (χ0v) is 10.3. The van der Waals surface area contributed by atoms with Gasteiger partial charge in [-0.2, -0.15) is 0 Å². The molecule has 2 rings (SSSR count). The Morgan fingerprint density at radius 3 is 3.06 bits per heavy atom. The van der Waals surface area contributed by atoms with Crippen molar-refractivity contribution in [2.24, 2.45) is 10.9 Å². The molecular weight excluding hydrogens is 234 g/mol. The first-order chi connectivity index (χ1) is 8.63. The highest BCUT2D eigenvalue weighted by Crippen LogP contribution is 2.15. The average molecular weight is 249 g/mol. The number of oxime groups is 1. The fraction of sp³-hybridized carbons (Fsp3) is 0.400. The van der Waals surface area contributed by atoms with Gasteiger partial charge in [0.15, 0.2) is 5.82 Å². The number of rotatable bonds is 4. The predicted octanol–water partition coefficient (Wildman–Crippen LogP) is 0.00542. The van der Waals surface area contributed by atoms with Crippen LogP contribution in [0.2, 0.25) is 0 Å². The van der Waals surface area contributed by atoms with E-state index < -0.39 is 0 Å². The van der Waals surface area contributed by atoms with Crippen molar-refractivity contribution in [3.63, 3.8) is 0 Å². The van der Waals surface area contributed by atoms with Gasteiger partial charge < -0.3 is 15.8 Å². The summed E-state index contributed by atoms with van der Waals surface area (Å²) in [5.74, 6) is 1.70. The lowest BCUT2D eigenvalue weighted by atomic mass is 10.3. The van der Waals surface area contributed by atoms with E-state index in [-0.39, 0.29) is 5.84 Å². The SMILES string of the molecule is Cc1nnc2c(N(C)CCC(N)=NO)nccn12. The number of fused-ring (bicyclic) bond motifs is 1. The van der Waals surface area contributed by atoms with Crippen LogP contribution in [0.3, 0.4) is 0 Å². The number of hydrogen-bond donors (Lipinski definition) is 2. The Balaban J connectivity index is 2.25. The van der Waals surface area contributed by atoms with Crippen molar-refractivity contribution in [1.29, 1.82) is 0 Å². The third-order valence-electron chi connectivity index (χ3n) is 2.67. The fourth-order valence-electron chi connectivity index (χ4n) is 1.64. The van der Waals surface area contributed by atoms with Crippen molar-refractivity contribution < 1.29 is 5.21 Å². The summed E-state index contributed by atoms with van der Waals surface area (Å²) >= 11 is 0. The smallest absolute Gasteiger partial charge is 0.203 e. The third kappa shape index (κ3) is 2.17. The van der Waals surface area contributed by atoms with Crippen LogP contribution in [0.25, 0.3) is 5.65 Å². The van der Waals surface area contributed by atoms with Gasteiger partial charge in [0.2, 0.25) is 5.65 Å². The highest BCUT2D eigenvalue weighted by Gasteiger charge is 2.11. The Kier molecular flexibility index (Phi) is 3.26. The monoisotopic (exact) mass is 249 g/mol. The molecule has 0 saturated heterocycles. The number of hydrogen-bond acceptors (Lipinski definition) is 6. The quantitative estimate of drug-likeness (QED) is 0.342. The highest BCUT2D eigenvalue weighted by atomic mass is 16.4. The molecule has 8 nitrogen and oxygen atoms in total.